The normalized spacial score (nSPS) is 11.8. The zero-order chi connectivity index (χ0) is 38.2. The summed E-state index contributed by atoms with van der Waals surface area (Å²) in [6.45, 7) is 0. The van der Waals surface area contributed by atoms with E-state index >= 15 is 0 Å². The number of fused-ring (bicyclic) bond motifs is 8. The van der Waals surface area contributed by atoms with Crippen LogP contribution >= 0.6 is 11.3 Å². The molecule has 12 aromatic rings. The number of hydrogen-bond acceptors (Lipinski definition) is 3. The van der Waals surface area contributed by atoms with Gasteiger partial charge >= 0.3 is 0 Å². The molecular weight excluding hydrogens is 723 g/mol. The van der Waals surface area contributed by atoms with E-state index in [0.29, 0.717) is 5.82 Å². The molecule has 3 nitrogen and oxygen atoms in total. The van der Waals surface area contributed by atoms with Gasteiger partial charge in [0.05, 0.1) is 22.4 Å². The Labute approximate surface area is 338 Å². The average molecular weight is 756 g/mol. The molecule has 0 aliphatic heterocycles. The Hall–Kier alpha value is -7.40. The first-order chi connectivity index (χ1) is 28.7. The van der Waals surface area contributed by atoms with Gasteiger partial charge in [0, 0.05) is 53.3 Å². The third-order valence-corrected chi connectivity index (χ3v) is 12.7. The van der Waals surface area contributed by atoms with Gasteiger partial charge in [-0.05, 0) is 75.1 Å². The van der Waals surface area contributed by atoms with Crippen LogP contribution in [0.2, 0.25) is 0 Å². The van der Waals surface area contributed by atoms with E-state index in [4.69, 9.17) is 9.97 Å². The van der Waals surface area contributed by atoms with Gasteiger partial charge in [0.15, 0.2) is 5.82 Å². The van der Waals surface area contributed by atoms with Crippen molar-refractivity contribution in [2.45, 2.75) is 0 Å². The largest absolute Gasteiger partial charge is 0.309 e. The molecule has 0 aliphatic rings. The smallest absolute Gasteiger partial charge is 0.160 e. The predicted molar refractivity (Wildman–Crippen MR) is 246 cm³/mol. The first kappa shape index (κ1) is 32.8. The van der Waals surface area contributed by atoms with Gasteiger partial charge in [-0.3, -0.25) is 0 Å². The zero-order valence-electron chi connectivity index (χ0n) is 31.3. The molecule has 0 unspecified atom stereocenters. The second-order valence-corrected chi connectivity index (χ2v) is 16.0. The third kappa shape index (κ3) is 5.19. The Morgan fingerprint density at radius 1 is 0.362 bits per heavy atom. The maximum atomic E-state index is 5.25. The fourth-order valence-electron chi connectivity index (χ4n) is 8.93. The molecule has 0 N–H and O–H groups in total. The minimum atomic E-state index is 0.711. The van der Waals surface area contributed by atoms with Crippen LogP contribution in [0.25, 0.3) is 114 Å². The van der Waals surface area contributed by atoms with Crippen LogP contribution in [0, 0.1) is 0 Å². The van der Waals surface area contributed by atoms with Crippen molar-refractivity contribution in [2.75, 3.05) is 0 Å². The van der Waals surface area contributed by atoms with E-state index in [1.165, 1.54) is 69.3 Å². The molecule has 0 saturated carbocycles. The molecule has 0 fully saturated rings. The van der Waals surface area contributed by atoms with Crippen molar-refractivity contribution in [1.29, 1.82) is 0 Å². The monoisotopic (exact) mass is 755 g/mol. The summed E-state index contributed by atoms with van der Waals surface area (Å²) in [6.07, 6.45) is 0. The molecule has 3 heterocycles. The number of rotatable bonds is 5. The molecule has 3 aromatic heterocycles. The lowest BCUT2D eigenvalue weighted by Crippen LogP contribution is -1.97. The molecule has 9 aromatic carbocycles. The lowest BCUT2D eigenvalue weighted by Gasteiger charge is -2.16. The summed E-state index contributed by atoms with van der Waals surface area (Å²) in [6, 6.07) is 72.1. The van der Waals surface area contributed by atoms with Crippen LogP contribution in [0.5, 0.6) is 0 Å². The highest BCUT2D eigenvalue weighted by Gasteiger charge is 2.21. The van der Waals surface area contributed by atoms with Gasteiger partial charge in [-0.15, -0.1) is 11.3 Å². The molecule has 0 bridgehead atoms. The molecule has 0 saturated heterocycles. The third-order valence-electron chi connectivity index (χ3n) is 11.6. The van der Waals surface area contributed by atoms with Crippen LogP contribution in [-0.2, 0) is 0 Å². The number of benzene rings is 9. The molecule has 0 aliphatic carbocycles. The van der Waals surface area contributed by atoms with Crippen molar-refractivity contribution in [3.05, 3.63) is 200 Å². The van der Waals surface area contributed by atoms with Crippen LogP contribution in [-0.4, -0.2) is 14.5 Å². The van der Waals surface area contributed by atoms with Gasteiger partial charge in [-0.1, -0.05) is 158 Å². The van der Waals surface area contributed by atoms with Gasteiger partial charge in [-0.2, -0.15) is 0 Å². The van der Waals surface area contributed by atoms with Crippen molar-refractivity contribution in [3.63, 3.8) is 0 Å². The van der Waals surface area contributed by atoms with Crippen LogP contribution in [0.15, 0.2) is 200 Å². The first-order valence-corrected chi connectivity index (χ1v) is 20.5. The molecule has 0 radical (unpaired) electrons. The highest BCUT2D eigenvalue weighted by atomic mass is 32.1. The van der Waals surface area contributed by atoms with E-state index in [9.17, 15) is 0 Å². The van der Waals surface area contributed by atoms with E-state index in [2.05, 4.69) is 180 Å². The van der Waals surface area contributed by atoms with Gasteiger partial charge in [-0.25, -0.2) is 9.97 Å². The molecule has 58 heavy (non-hydrogen) atoms. The lowest BCUT2D eigenvalue weighted by atomic mass is 9.91. The summed E-state index contributed by atoms with van der Waals surface area (Å²) in [7, 11) is 0. The second-order valence-electron chi connectivity index (χ2n) is 14.9. The van der Waals surface area contributed by atoms with Crippen molar-refractivity contribution < 1.29 is 0 Å². The van der Waals surface area contributed by atoms with Gasteiger partial charge in [0.2, 0.25) is 0 Å². The summed E-state index contributed by atoms with van der Waals surface area (Å²) in [4.78, 5) is 10.3. The number of para-hydroxylation sites is 1. The van der Waals surface area contributed by atoms with Crippen molar-refractivity contribution in [1.82, 2.24) is 14.5 Å². The highest BCUT2D eigenvalue weighted by molar-refractivity contribution is 7.26. The van der Waals surface area contributed by atoms with E-state index in [1.807, 2.05) is 35.6 Å². The number of nitrogens with zero attached hydrogens (tertiary/aromatic N) is 3. The van der Waals surface area contributed by atoms with E-state index < -0.39 is 0 Å². The summed E-state index contributed by atoms with van der Waals surface area (Å²) < 4.78 is 5.02. The van der Waals surface area contributed by atoms with E-state index in [0.717, 1.165) is 39.2 Å². The Morgan fingerprint density at radius 2 is 0.966 bits per heavy atom. The maximum absolute atomic E-state index is 5.25. The fraction of sp³-hybridized carbons (Fsp3) is 0. The second kappa shape index (κ2) is 13.1. The molecule has 12 rings (SSSR count). The fourth-order valence-corrected chi connectivity index (χ4v) is 10.1. The van der Waals surface area contributed by atoms with E-state index in [-0.39, 0.29) is 0 Å². The Morgan fingerprint density at radius 3 is 1.76 bits per heavy atom. The molecule has 0 atom stereocenters. The van der Waals surface area contributed by atoms with Crippen molar-refractivity contribution in [3.8, 4) is 50.7 Å². The maximum Gasteiger partial charge on any atom is 0.160 e. The molecule has 0 spiro atoms. The van der Waals surface area contributed by atoms with Crippen molar-refractivity contribution in [2.24, 2.45) is 0 Å². The van der Waals surface area contributed by atoms with Crippen LogP contribution in [0.1, 0.15) is 0 Å². The molecule has 270 valence electrons. The summed E-state index contributed by atoms with van der Waals surface area (Å²) in [5.41, 5.74) is 10.9. The Kier molecular flexibility index (Phi) is 7.40. The Balaban J connectivity index is 1.13. The zero-order valence-corrected chi connectivity index (χ0v) is 32.1. The number of aromatic nitrogens is 3. The summed E-state index contributed by atoms with van der Waals surface area (Å²) in [5, 5.41) is 9.90. The lowest BCUT2D eigenvalue weighted by molar-refractivity contribution is 1.18. The standard InChI is InChI=1S/C54H33N3S/c1-3-15-34(16-4-1)47-33-48(56-54(55-47)35-17-5-2-6-18-35)42-28-27-41(39-21-9-10-22-40(39)42)46-31-38(32-52-53(46)44-24-12-14-26-51(44)58-52)57-49-25-13-11-23-43(49)45-29-36-19-7-8-20-37(36)30-50(45)57/h1-33H. The average Bonchev–Trinajstić information content (AvgIpc) is 3.83. The molecule has 0 amide bonds. The predicted octanol–water partition coefficient (Wildman–Crippen LogP) is 14.9. The Bertz CT molecular complexity index is 3510. The van der Waals surface area contributed by atoms with Crippen LogP contribution in [0.3, 0.4) is 0 Å². The molecular formula is C54H33N3S. The van der Waals surface area contributed by atoms with Crippen molar-refractivity contribution >= 4 is 74.9 Å². The first-order valence-electron chi connectivity index (χ1n) is 19.7. The minimum absolute atomic E-state index is 0.711. The minimum Gasteiger partial charge on any atom is -0.309 e. The van der Waals surface area contributed by atoms with Gasteiger partial charge in [0.1, 0.15) is 0 Å². The van der Waals surface area contributed by atoms with Crippen LogP contribution < -0.4 is 0 Å². The van der Waals surface area contributed by atoms with Crippen LogP contribution in [0.4, 0.5) is 0 Å². The van der Waals surface area contributed by atoms with Gasteiger partial charge in [0.25, 0.3) is 0 Å². The highest BCUT2D eigenvalue weighted by Crippen LogP contribution is 2.46. The summed E-state index contributed by atoms with van der Waals surface area (Å²) in [5.74, 6) is 0.711. The summed E-state index contributed by atoms with van der Waals surface area (Å²) >= 11 is 1.87. The topological polar surface area (TPSA) is 30.7 Å². The van der Waals surface area contributed by atoms with E-state index in [1.54, 1.807) is 0 Å². The molecule has 4 heteroatoms. The number of hydrogen-bond donors (Lipinski definition) is 0. The van der Waals surface area contributed by atoms with Gasteiger partial charge < -0.3 is 4.57 Å². The quantitative estimate of drug-likeness (QED) is 0.175. The number of thiophene rings is 1. The SMILES string of the molecule is c1ccc(-c2cc(-c3ccc(-c4cc(-n5c6ccccc6c6cc7ccccc7cc65)cc5sc6ccccc6c45)c4ccccc34)nc(-c3ccccc3)n2)cc1.